The average molecular weight is 270 g/mol. The molecule has 0 amide bonds. The van der Waals surface area contributed by atoms with Gasteiger partial charge in [0.15, 0.2) is 17.5 Å². The molecule has 7 heteroatoms. The Morgan fingerprint density at radius 3 is 2.74 bits per heavy atom. The summed E-state index contributed by atoms with van der Waals surface area (Å²) < 4.78 is 38.8. The number of H-pyrrole nitrogens is 1. The second-order valence-corrected chi connectivity index (χ2v) is 4.14. The van der Waals surface area contributed by atoms with Crippen molar-refractivity contribution < 1.29 is 13.2 Å². The molecule has 0 aliphatic heterocycles. The van der Waals surface area contributed by atoms with E-state index in [1.54, 1.807) is 6.20 Å². The van der Waals surface area contributed by atoms with Gasteiger partial charge < -0.3 is 5.32 Å². The molecular weight excluding hydrogens is 257 g/mol. The molecule has 4 nitrogen and oxygen atoms in total. The van der Waals surface area contributed by atoms with Crippen molar-refractivity contribution in [3.8, 4) is 0 Å². The van der Waals surface area contributed by atoms with E-state index in [9.17, 15) is 13.2 Å². The van der Waals surface area contributed by atoms with Crippen LogP contribution in [-0.2, 0) is 6.42 Å². The summed E-state index contributed by atoms with van der Waals surface area (Å²) in [5, 5.41) is 9.34. The molecule has 0 aromatic carbocycles. The van der Waals surface area contributed by atoms with E-state index in [1.807, 2.05) is 6.92 Å². The van der Waals surface area contributed by atoms with Crippen molar-refractivity contribution in [1.82, 2.24) is 15.2 Å². The van der Waals surface area contributed by atoms with Crippen molar-refractivity contribution in [2.75, 3.05) is 11.9 Å². The number of hydrogen-bond donors (Lipinski definition) is 2. The smallest absolute Gasteiger partial charge is 0.251 e. The minimum Gasteiger partial charge on any atom is -0.368 e. The van der Waals surface area contributed by atoms with E-state index in [4.69, 9.17) is 0 Å². The highest BCUT2D eigenvalue weighted by Crippen LogP contribution is 2.14. The lowest BCUT2D eigenvalue weighted by atomic mass is 10.1. The van der Waals surface area contributed by atoms with Gasteiger partial charge in [0.05, 0.1) is 6.20 Å². The molecule has 0 atom stereocenters. The van der Waals surface area contributed by atoms with E-state index in [0.29, 0.717) is 19.0 Å². The molecule has 0 aliphatic carbocycles. The quantitative estimate of drug-likeness (QED) is 0.648. The predicted octanol–water partition coefficient (Wildman–Crippen LogP) is 2.58. The molecule has 19 heavy (non-hydrogen) atoms. The average Bonchev–Trinajstić information content (AvgIpc) is 2.77. The van der Waals surface area contributed by atoms with E-state index in [0.717, 1.165) is 17.7 Å². The van der Waals surface area contributed by atoms with Gasteiger partial charge >= 0.3 is 0 Å². The number of nitrogens with one attached hydrogen (secondary N) is 2. The molecule has 2 aromatic rings. The van der Waals surface area contributed by atoms with Crippen LogP contribution < -0.4 is 5.32 Å². The van der Waals surface area contributed by atoms with E-state index in [1.165, 1.54) is 0 Å². The lowest BCUT2D eigenvalue weighted by Crippen LogP contribution is -2.08. The van der Waals surface area contributed by atoms with Crippen LogP contribution in [0.3, 0.4) is 0 Å². The molecular formula is C12H13F3N4. The Hall–Kier alpha value is -2.05. The summed E-state index contributed by atoms with van der Waals surface area (Å²) in [4.78, 5) is 3.18. The maximum atomic E-state index is 13.2. The Morgan fingerprint density at radius 2 is 2.05 bits per heavy atom. The van der Waals surface area contributed by atoms with Gasteiger partial charge in [-0.1, -0.05) is 0 Å². The van der Waals surface area contributed by atoms with Crippen LogP contribution in [0.1, 0.15) is 17.7 Å². The second kappa shape index (κ2) is 5.73. The highest BCUT2D eigenvalue weighted by molar-refractivity contribution is 5.36. The lowest BCUT2D eigenvalue weighted by molar-refractivity contribution is 0.466. The van der Waals surface area contributed by atoms with Crippen LogP contribution in [0, 0.1) is 24.5 Å². The summed E-state index contributed by atoms with van der Waals surface area (Å²) in [6.45, 7) is 2.31. The Bertz CT molecular complexity index is 568. The fourth-order valence-electron chi connectivity index (χ4n) is 1.68. The minimum absolute atomic E-state index is 0.275. The van der Waals surface area contributed by atoms with Crippen molar-refractivity contribution >= 4 is 5.82 Å². The molecule has 0 saturated carbocycles. The highest BCUT2D eigenvalue weighted by Gasteiger charge is 2.11. The number of hydrogen-bond acceptors (Lipinski definition) is 3. The van der Waals surface area contributed by atoms with Gasteiger partial charge in [-0.2, -0.15) is 14.5 Å². The molecule has 2 aromatic heterocycles. The number of nitrogens with zero attached hydrogens (tertiary/aromatic N) is 2. The maximum Gasteiger partial charge on any atom is 0.251 e. The van der Waals surface area contributed by atoms with Gasteiger partial charge in [-0.05, 0) is 25.3 Å². The van der Waals surface area contributed by atoms with Crippen molar-refractivity contribution in [1.29, 1.82) is 0 Å². The SMILES string of the molecule is Cc1[nH]ncc1CCCNc1nc(F)c(F)cc1F. The van der Waals surface area contributed by atoms with Crippen LogP contribution in [0.4, 0.5) is 19.0 Å². The van der Waals surface area contributed by atoms with Crippen LogP contribution in [0.25, 0.3) is 0 Å². The Kier molecular flexibility index (Phi) is 4.03. The highest BCUT2D eigenvalue weighted by atomic mass is 19.2. The third-order valence-electron chi connectivity index (χ3n) is 2.74. The largest absolute Gasteiger partial charge is 0.368 e. The first kappa shape index (κ1) is 13.4. The van der Waals surface area contributed by atoms with Gasteiger partial charge in [0.1, 0.15) is 0 Å². The first-order valence-electron chi connectivity index (χ1n) is 5.82. The molecule has 0 radical (unpaired) electrons. The van der Waals surface area contributed by atoms with Crippen LogP contribution in [0.2, 0.25) is 0 Å². The Balaban J connectivity index is 1.86. The van der Waals surface area contributed by atoms with Gasteiger partial charge in [-0.15, -0.1) is 0 Å². The number of anilines is 1. The first-order chi connectivity index (χ1) is 9.08. The topological polar surface area (TPSA) is 53.6 Å². The van der Waals surface area contributed by atoms with Crippen LogP contribution in [0.5, 0.6) is 0 Å². The van der Waals surface area contributed by atoms with Gasteiger partial charge in [0.2, 0.25) is 0 Å². The number of halogens is 3. The Morgan fingerprint density at radius 1 is 1.26 bits per heavy atom. The van der Waals surface area contributed by atoms with Gasteiger partial charge in [-0.25, -0.2) is 8.78 Å². The zero-order valence-electron chi connectivity index (χ0n) is 10.3. The number of pyridine rings is 1. The molecule has 0 spiro atoms. The van der Waals surface area contributed by atoms with E-state index in [-0.39, 0.29) is 5.82 Å². The molecule has 2 heterocycles. The van der Waals surface area contributed by atoms with E-state index in [2.05, 4.69) is 20.5 Å². The molecule has 2 N–H and O–H groups in total. The summed E-state index contributed by atoms with van der Waals surface area (Å²) >= 11 is 0. The summed E-state index contributed by atoms with van der Waals surface area (Å²) in [6.07, 6.45) is 3.17. The van der Waals surface area contributed by atoms with Crippen molar-refractivity contribution in [3.05, 3.63) is 41.1 Å². The van der Waals surface area contributed by atoms with E-state index >= 15 is 0 Å². The van der Waals surface area contributed by atoms with Crippen molar-refractivity contribution in [3.63, 3.8) is 0 Å². The number of aryl methyl sites for hydroxylation is 2. The molecule has 0 unspecified atom stereocenters. The third kappa shape index (κ3) is 3.24. The van der Waals surface area contributed by atoms with E-state index < -0.39 is 17.6 Å². The molecule has 0 saturated heterocycles. The molecule has 0 aliphatic rings. The summed E-state index contributed by atoms with van der Waals surface area (Å²) in [7, 11) is 0. The summed E-state index contributed by atoms with van der Waals surface area (Å²) in [6, 6.07) is 0.477. The summed E-state index contributed by atoms with van der Waals surface area (Å²) in [5.41, 5.74) is 2.05. The fraction of sp³-hybridized carbons (Fsp3) is 0.333. The maximum absolute atomic E-state index is 13.2. The Labute approximate surface area is 108 Å². The standard InChI is InChI=1S/C12H13F3N4/c1-7-8(6-17-19-7)3-2-4-16-12-10(14)5-9(13)11(15)18-12/h5-6H,2-4H2,1H3,(H,16,18)(H,17,19). The summed E-state index contributed by atoms with van der Waals surface area (Å²) in [5.74, 6) is -3.78. The number of aromatic amines is 1. The van der Waals surface area contributed by atoms with Crippen LogP contribution >= 0.6 is 0 Å². The minimum atomic E-state index is -1.31. The van der Waals surface area contributed by atoms with Crippen LogP contribution in [0.15, 0.2) is 12.3 Å². The van der Waals surface area contributed by atoms with Gasteiger partial charge in [0.25, 0.3) is 5.95 Å². The van der Waals surface area contributed by atoms with Crippen molar-refractivity contribution in [2.45, 2.75) is 19.8 Å². The zero-order valence-corrected chi connectivity index (χ0v) is 10.3. The molecule has 0 bridgehead atoms. The van der Waals surface area contributed by atoms with Crippen LogP contribution in [-0.4, -0.2) is 21.7 Å². The number of rotatable bonds is 5. The van der Waals surface area contributed by atoms with Crippen molar-refractivity contribution in [2.24, 2.45) is 0 Å². The second-order valence-electron chi connectivity index (χ2n) is 4.14. The zero-order chi connectivity index (χ0) is 13.8. The molecule has 2 rings (SSSR count). The number of aromatic nitrogens is 3. The van der Waals surface area contributed by atoms with Gasteiger partial charge in [-0.3, -0.25) is 5.10 Å². The van der Waals surface area contributed by atoms with Gasteiger partial charge in [0, 0.05) is 18.3 Å². The monoisotopic (exact) mass is 270 g/mol. The predicted molar refractivity (Wildman–Crippen MR) is 64.2 cm³/mol. The first-order valence-corrected chi connectivity index (χ1v) is 5.82. The third-order valence-corrected chi connectivity index (χ3v) is 2.74. The molecule has 0 fully saturated rings. The molecule has 102 valence electrons. The fourth-order valence-corrected chi connectivity index (χ4v) is 1.68. The normalized spacial score (nSPS) is 10.7. The lowest BCUT2D eigenvalue weighted by Gasteiger charge is -2.06.